The van der Waals surface area contributed by atoms with Crippen molar-refractivity contribution >= 4 is 11.3 Å². The molecular formula is C12H17N3S. The van der Waals surface area contributed by atoms with Crippen molar-refractivity contribution in [2.75, 3.05) is 7.05 Å². The molecule has 0 fully saturated rings. The van der Waals surface area contributed by atoms with Crippen LogP contribution in [0.15, 0.2) is 29.2 Å². The highest BCUT2D eigenvalue weighted by molar-refractivity contribution is 7.07. The van der Waals surface area contributed by atoms with Gasteiger partial charge in [-0.05, 0) is 42.3 Å². The maximum Gasteiger partial charge on any atom is 0.125 e. The van der Waals surface area contributed by atoms with Gasteiger partial charge < -0.3 is 9.88 Å². The van der Waals surface area contributed by atoms with E-state index in [1.807, 2.05) is 26.5 Å². The Bertz CT molecular complexity index is 419. The summed E-state index contributed by atoms with van der Waals surface area (Å²) in [5.41, 5.74) is 1.42. The number of hydrogen-bond donors (Lipinski definition) is 1. The molecule has 0 spiro atoms. The Morgan fingerprint density at radius 3 is 3.00 bits per heavy atom. The number of nitrogens with one attached hydrogen (secondary N) is 1. The van der Waals surface area contributed by atoms with Crippen LogP contribution in [0.5, 0.6) is 0 Å². The number of aromatic nitrogens is 2. The first-order valence-electron chi connectivity index (χ1n) is 5.47. The van der Waals surface area contributed by atoms with Crippen molar-refractivity contribution in [3.63, 3.8) is 0 Å². The van der Waals surface area contributed by atoms with Crippen LogP contribution in [-0.4, -0.2) is 16.6 Å². The summed E-state index contributed by atoms with van der Waals surface area (Å²) in [6, 6.07) is 2.52. The third kappa shape index (κ3) is 2.51. The molecule has 0 aliphatic carbocycles. The lowest BCUT2D eigenvalue weighted by atomic mass is 10.1. The molecule has 0 bridgehead atoms. The smallest absolute Gasteiger partial charge is 0.125 e. The van der Waals surface area contributed by atoms with Gasteiger partial charge in [0.25, 0.3) is 0 Å². The summed E-state index contributed by atoms with van der Waals surface area (Å²) in [5.74, 6) is 1.11. The highest BCUT2D eigenvalue weighted by atomic mass is 32.1. The van der Waals surface area contributed by atoms with Crippen molar-refractivity contribution in [3.05, 3.63) is 40.6 Å². The maximum atomic E-state index is 4.39. The first-order valence-corrected chi connectivity index (χ1v) is 6.41. The Labute approximate surface area is 100 Å². The molecule has 0 amide bonds. The summed E-state index contributed by atoms with van der Waals surface area (Å²) in [5, 5.41) is 7.67. The van der Waals surface area contributed by atoms with Gasteiger partial charge in [-0.25, -0.2) is 4.98 Å². The third-order valence-corrected chi connectivity index (χ3v) is 3.55. The van der Waals surface area contributed by atoms with E-state index in [4.69, 9.17) is 0 Å². The molecule has 2 rings (SSSR count). The molecule has 0 aliphatic rings. The molecule has 4 heteroatoms. The van der Waals surface area contributed by atoms with Crippen molar-refractivity contribution in [1.82, 2.24) is 14.9 Å². The molecule has 0 saturated heterocycles. The van der Waals surface area contributed by atoms with Gasteiger partial charge in [0, 0.05) is 19.4 Å². The molecule has 2 heterocycles. The van der Waals surface area contributed by atoms with E-state index >= 15 is 0 Å². The first kappa shape index (κ1) is 11.4. The SMILES string of the molecule is CNC(CCc1ccsc1)c1nccn1C. The van der Waals surface area contributed by atoms with Gasteiger partial charge in [-0.15, -0.1) is 0 Å². The van der Waals surface area contributed by atoms with Gasteiger partial charge in [-0.1, -0.05) is 0 Å². The molecule has 0 saturated carbocycles. The van der Waals surface area contributed by atoms with Crippen LogP contribution in [0.3, 0.4) is 0 Å². The van der Waals surface area contributed by atoms with Crippen molar-refractivity contribution in [2.45, 2.75) is 18.9 Å². The number of thiophene rings is 1. The van der Waals surface area contributed by atoms with Crippen LogP contribution < -0.4 is 5.32 Å². The second-order valence-electron chi connectivity index (χ2n) is 3.91. The molecule has 2 aromatic heterocycles. The van der Waals surface area contributed by atoms with Gasteiger partial charge in [0.2, 0.25) is 0 Å². The molecule has 16 heavy (non-hydrogen) atoms. The molecule has 0 aliphatic heterocycles. The first-order chi connectivity index (χ1) is 7.81. The van der Waals surface area contributed by atoms with Crippen LogP contribution in [0.25, 0.3) is 0 Å². The van der Waals surface area contributed by atoms with Crippen LogP contribution in [0.4, 0.5) is 0 Å². The number of rotatable bonds is 5. The molecular weight excluding hydrogens is 218 g/mol. The maximum absolute atomic E-state index is 4.39. The molecule has 0 aromatic carbocycles. The number of imidazole rings is 1. The normalized spacial score (nSPS) is 12.9. The van der Waals surface area contributed by atoms with Crippen LogP contribution >= 0.6 is 11.3 Å². The zero-order valence-electron chi connectivity index (χ0n) is 9.68. The zero-order chi connectivity index (χ0) is 11.4. The topological polar surface area (TPSA) is 29.9 Å². The average Bonchev–Trinajstić information content (AvgIpc) is 2.92. The average molecular weight is 235 g/mol. The van der Waals surface area contributed by atoms with E-state index in [0.717, 1.165) is 18.7 Å². The van der Waals surface area contributed by atoms with Crippen molar-refractivity contribution in [3.8, 4) is 0 Å². The minimum absolute atomic E-state index is 0.333. The van der Waals surface area contributed by atoms with E-state index in [2.05, 4.69) is 31.7 Å². The second-order valence-corrected chi connectivity index (χ2v) is 4.69. The van der Waals surface area contributed by atoms with Crippen LogP contribution in [0.1, 0.15) is 23.9 Å². The second kappa shape index (κ2) is 5.27. The molecule has 2 aromatic rings. The molecule has 0 radical (unpaired) electrons. The standard InChI is InChI=1S/C12H17N3S/c1-13-11(12-14-6-7-15(12)2)4-3-10-5-8-16-9-10/h5-9,11,13H,3-4H2,1-2H3. The summed E-state index contributed by atoms with van der Waals surface area (Å²) >= 11 is 1.76. The van der Waals surface area contributed by atoms with Gasteiger partial charge in [0.15, 0.2) is 0 Å². The largest absolute Gasteiger partial charge is 0.337 e. The summed E-state index contributed by atoms with van der Waals surface area (Å²) < 4.78 is 2.08. The van der Waals surface area contributed by atoms with E-state index in [-0.39, 0.29) is 0 Å². The van der Waals surface area contributed by atoms with Gasteiger partial charge in [-0.3, -0.25) is 0 Å². The summed E-state index contributed by atoms with van der Waals surface area (Å²) in [4.78, 5) is 4.39. The minimum atomic E-state index is 0.333. The zero-order valence-corrected chi connectivity index (χ0v) is 10.5. The highest BCUT2D eigenvalue weighted by Gasteiger charge is 2.13. The summed E-state index contributed by atoms with van der Waals surface area (Å²) in [6.45, 7) is 0. The molecule has 1 unspecified atom stereocenters. The summed E-state index contributed by atoms with van der Waals surface area (Å²) in [6.07, 6.45) is 6.02. The predicted octanol–water partition coefficient (Wildman–Crippen LogP) is 2.37. The van der Waals surface area contributed by atoms with Crippen LogP contribution in [-0.2, 0) is 13.5 Å². The quantitative estimate of drug-likeness (QED) is 0.862. The minimum Gasteiger partial charge on any atom is -0.337 e. The third-order valence-electron chi connectivity index (χ3n) is 2.82. The van der Waals surface area contributed by atoms with E-state index in [9.17, 15) is 0 Å². The van der Waals surface area contributed by atoms with E-state index in [1.165, 1.54) is 5.56 Å². The Kier molecular flexibility index (Phi) is 3.74. The number of hydrogen-bond acceptors (Lipinski definition) is 3. The molecule has 1 atom stereocenters. The Morgan fingerprint density at radius 2 is 2.44 bits per heavy atom. The molecule has 86 valence electrons. The van der Waals surface area contributed by atoms with Gasteiger partial charge in [0.05, 0.1) is 6.04 Å². The molecule has 3 nitrogen and oxygen atoms in total. The van der Waals surface area contributed by atoms with Gasteiger partial charge in [0.1, 0.15) is 5.82 Å². The van der Waals surface area contributed by atoms with Crippen LogP contribution in [0.2, 0.25) is 0 Å². The van der Waals surface area contributed by atoms with Crippen LogP contribution in [0, 0.1) is 0 Å². The Balaban J connectivity index is 1.99. The van der Waals surface area contributed by atoms with Crippen molar-refractivity contribution in [1.29, 1.82) is 0 Å². The lowest BCUT2D eigenvalue weighted by Crippen LogP contribution is -2.20. The Morgan fingerprint density at radius 1 is 1.56 bits per heavy atom. The fourth-order valence-electron chi connectivity index (χ4n) is 1.86. The van der Waals surface area contributed by atoms with Gasteiger partial charge >= 0.3 is 0 Å². The predicted molar refractivity (Wildman–Crippen MR) is 67.6 cm³/mol. The van der Waals surface area contributed by atoms with E-state index in [1.54, 1.807) is 11.3 Å². The summed E-state index contributed by atoms with van der Waals surface area (Å²) in [7, 11) is 4.03. The fraction of sp³-hybridized carbons (Fsp3) is 0.417. The van der Waals surface area contributed by atoms with E-state index < -0.39 is 0 Å². The number of aryl methyl sites for hydroxylation is 2. The van der Waals surface area contributed by atoms with Gasteiger partial charge in [-0.2, -0.15) is 11.3 Å². The Hall–Kier alpha value is -1.13. The number of nitrogens with zero attached hydrogens (tertiary/aromatic N) is 2. The monoisotopic (exact) mass is 235 g/mol. The van der Waals surface area contributed by atoms with Crippen molar-refractivity contribution < 1.29 is 0 Å². The molecule has 1 N–H and O–H groups in total. The lowest BCUT2D eigenvalue weighted by molar-refractivity contribution is 0.505. The highest BCUT2D eigenvalue weighted by Crippen LogP contribution is 2.18. The van der Waals surface area contributed by atoms with Crippen molar-refractivity contribution in [2.24, 2.45) is 7.05 Å². The fourth-order valence-corrected chi connectivity index (χ4v) is 2.56. The lowest BCUT2D eigenvalue weighted by Gasteiger charge is -2.15. The van der Waals surface area contributed by atoms with E-state index in [0.29, 0.717) is 6.04 Å².